The number of aromatic nitrogens is 2. The molecular formula is C28H37N5O2. The molecule has 1 aromatic heterocycles. The lowest BCUT2D eigenvalue weighted by Gasteiger charge is -2.55. The van der Waals surface area contributed by atoms with Crippen molar-refractivity contribution in [1.29, 1.82) is 0 Å². The van der Waals surface area contributed by atoms with Crippen molar-refractivity contribution >= 4 is 22.9 Å². The summed E-state index contributed by atoms with van der Waals surface area (Å²) in [5, 5.41) is 2.83. The lowest BCUT2D eigenvalue weighted by molar-refractivity contribution is -0.0485. The number of hydrogen-bond acceptors (Lipinski definition) is 4. The largest absolute Gasteiger partial charge is 0.336 e. The maximum Gasteiger partial charge on any atom is 0.323 e. The van der Waals surface area contributed by atoms with Crippen LogP contribution in [0.1, 0.15) is 76.7 Å². The zero-order valence-electron chi connectivity index (χ0n) is 20.6. The molecule has 0 radical (unpaired) electrons. The van der Waals surface area contributed by atoms with Crippen LogP contribution >= 0.6 is 0 Å². The molecule has 35 heavy (non-hydrogen) atoms. The molecule has 0 unspecified atom stereocenters. The Labute approximate surface area is 206 Å². The molecule has 2 saturated carbocycles. The van der Waals surface area contributed by atoms with Crippen molar-refractivity contribution in [1.82, 2.24) is 19.8 Å². The van der Waals surface area contributed by atoms with E-state index in [0.717, 1.165) is 41.8 Å². The molecule has 2 aliphatic carbocycles. The van der Waals surface area contributed by atoms with E-state index in [1.807, 2.05) is 28.8 Å². The molecule has 4 bridgehead atoms. The summed E-state index contributed by atoms with van der Waals surface area (Å²) < 4.78 is 2.02. The monoisotopic (exact) mass is 475 g/mol. The number of nitrogens with one attached hydrogen (secondary N) is 1. The van der Waals surface area contributed by atoms with Gasteiger partial charge in [0.1, 0.15) is 0 Å². The topological polar surface area (TPSA) is 70.5 Å². The third-order valence-electron chi connectivity index (χ3n) is 9.79. The molecule has 0 spiro atoms. The summed E-state index contributed by atoms with van der Waals surface area (Å²) in [6.45, 7) is 1.05. The van der Waals surface area contributed by atoms with E-state index in [2.05, 4.69) is 15.2 Å². The minimum atomic E-state index is -0.217. The third-order valence-corrected chi connectivity index (χ3v) is 9.79. The molecule has 7 nitrogen and oxygen atoms in total. The van der Waals surface area contributed by atoms with Crippen LogP contribution in [-0.4, -0.2) is 51.7 Å². The van der Waals surface area contributed by atoms with E-state index in [9.17, 15) is 9.59 Å². The second kappa shape index (κ2) is 8.61. The number of carbonyl (C=O) groups is 1. The second-order valence-electron chi connectivity index (χ2n) is 11.8. The molecule has 2 aromatic rings. The normalized spacial score (nSPS) is 35.3. The number of piperidine rings is 2. The van der Waals surface area contributed by atoms with Crippen LogP contribution in [0.2, 0.25) is 0 Å². The molecule has 3 saturated heterocycles. The molecule has 6 atom stereocenters. The van der Waals surface area contributed by atoms with Gasteiger partial charge in [-0.05, 0) is 68.9 Å². The summed E-state index contributed by atoms with van der Waals surface area (Å²) in [5.41, 5.74) is 1.60. The Morgan fingerprint density at radius 2 is 1.51 bits per heavy atom. The molecule has 5 aliphatic rings. The number of carbonyl (C=O) groups excluding carboxylic acids is 1. The number of hydrogen-bond donors (Lipinski definition) is 1. The van der Waals surface area contributed by atoms with Crippen molar-refractivity contribution in [2.75, 3.05) is 18.0 Å². The van der Waals surface area contributed by atoms with Crippen LogP contribution in [0.3, 0.4) is 0 Å². The molecule has 1 aromatic carbocycles. The van der Waals surface area contributed by atoms with E-state index >= 15 is 0 Å². The first-order valence-electron chi connectivity index (χ1n) is 14.0. The average Bonchev–Trinajstić information content (AvgIpc) is 3.28. The van der Waals surface area contributed by atoms with E-state index in [4.69, 9.17) is 0 Å². The summed E-state index contributed by atoms with van der Waals surface area (Å²) in [4.78, 5) is 35.5. The minimum absolute atomic E-state index is 0.107. The molecule has 7 rings (SSSR count). The SMILES string of the molecule is O=C1NCCN1c1nc2ccccc2n([C@H]2C[C@H]3CCC[C@@H](C2)N3[C@H]2C[C@@H]3CCC[C@@H](C3)C2)c1=O. The molecule has 2 amide bonds. The summed E-state index contributed by atoms with van der Waals surface area (Å²) in [7, 11) is 0. The Morgan fingerprint density at radius 1 is 0.800 bits per heavy atom. The Morgan fingerprint density at radius 3 is 2.23 bits per heavy atom. The molecule has 7 heteroatoms. The fourth-order valence-corrected chi connectivity index (χ4v) is 8.49. The van der Waals surface area contributed by atoms with Crippen LogP contribution in [-0.2, 0) is 0 Å². The zero-order chi connectivity index (χ0) is 23.5. The lowest BCUT2D eigenvalue weighted by Crippen LogP contribution is -2.58. The van der Waals surface area contributed by atoms with Crippen LogP contribution in [0, 0.1) is 11.8 Å². The van der Waals surface area contributed by atoms with Gasteiger partial charge in [0.2, 0.25) is 5.82 Å². The number of rotatable bonds is 3. The van der Waals surface area contributed by atoms with E-state index in [0.29, 0.717) is 25.2 Å². The van der Waals surface area contributed by atoms with Crippen LogP contribution in [0.4, 0.5) is 10.6 Å². The number of nitrogens with zero attached hydrogens (tertiary/aromatic N) is 4. The number of para-hydroxylation sites is 2. The number of fused-ring (bicyclic) bond motifs is 5. The molecule has 3 aliphatic heterocycles. The first-order chi connectivity index (χ1) is 17.2. The fraction of sp³-hybridized carbons (Fsp3) is 0.679. The summed E-state index contributed by atoms with van der Waals surface area (Å²) >= 11 is 0. The predicted octanol–water partition coefficient (Wildman–Crippen LogP) is 4.45. The quantitative estimate of drug-likeness (QED) is 0.712. The van der Waals surface area contributed by atoms with E-state index < -0.39 is 0 Å². The van der Waals surface area contributed by atoms with Gasteiger partial charge in [0.15, 0.2) is 0 Å². The lowest BCUT2D eigenvalue weighted by atomic mass is 9.68. The number of amides is 2. The van der Waals surface area contributed by atoms with Crippen molar-refractivity contribution in [3.63, 3.8) is 0 Å². The fourth-order valence-electron chi connectivity index (χ4n) is 8.49. The highest BCUT2D eigenvalue weighted by Crippen LogP contribution is 2.47. The highest BCUT2D eigenvalue weighted by atomic mass is 16.2. The summed E-state index contributed by atoms with van der Waals surface area (Å²) in [6.07, 6.45) is 14.4. The second-order valence-corrected chi connectivity index (χ2v) is 11.8. The number of urea groups is 1. The van der Waals surface area contributed by atoms with Gasteiger partial charge in [0.25, 0.3) is 5.56 Å². The number of anilines is 1. The first kappa shape index (κ1) is 21.8. The Balaban J connectivity index is 1.24. The maximum atomic E-state index is 13.9. The average molecular weight is 476 g/mol. The van der Waals surface area contributed by atoms with E-state index in [1.54, 1.807) is 0 Å². The first-order valence-corrected chi connectivity index (χ1v) is 14.0. The van der Waals surface area contributed by atoms with Gasteiger partial charge in [-0.15, -0.1) is 0 Å². The van der Waals surface area contributed by atoms with Gasteiger partial charge in [0, 0.05) is 37.3 Å². The molecule has 5 fully saturated rings. The molecular weight excluding hydrogens is 438 g/mol. The van der Waals surface area contributed by atoms with Gasteiger partial charge in [-0.3, -0.25) is 14.6 Å². The Bertz CT molecular complexity index is 1170. The molecule has 186 valence electrons. The number of benzene rings is 1. The van der Waals surface area contributed by atoms with Gasteiger partial charge in [-0.25, -0.2) is 9.78 Å². The maximum absolute atomic E-state index is 13.9. The minimum Gasteiger partial charge on any atom is -0.336 e. The molecule has 1 N–H and O–H groups in total. The van der Waals surface area contributed by atoms with Gasteiger partial charge >= 0.3 is 6.03 Å². The Hall–Kier alpha value is -2.41. The standard InChI is InChI=1S/C28H37N5O2/c34-27-26(31-12-11-29-28(31)35)30-24-9-1-2-10-25(24)33(27)23-16-20-7-4-8-21(17-23)32(20)22-14-18-5-3-6-19(13-18)15-22/h1-2,9-10,18-23H,3-8,11-17H2,(H,29,35)/t18-,19+,20-,21+,22+,23+. The van der Waals surface area contributed by atoms with Gasteiger partial charge < -0.3 is 9.88 Å². The van der Waals surface area contributed by atoms with Crippen LogP contribution in [0.25, 0.3) is 11.0 Å². The third kappa shape index (κ3) is 3.69. The van der Waals surface area contributed by atoms with Gasteiger partial charge in [-0.1, -0.05) is 37.8 Å². The van der Waals surface area contributed by atoms with Crippen LogP contribution in [0.15, 0.2) is 29.1 Å². The molecule has 4 heterocycles. The predicted molar refractivity (Wildman–Crippen MR) is 137 cm³/mol. The smallest absolute Gasteiger partial charge is 0.323 e. The van der Waals surface area contributed by atoms with Crippen molar-refractivity contribution in [2.45, 2.75) is 94.8 Å². The van der Waals surface area contributed by atoms with Crippen molar-refractivity contribution < 1.29 is 4.79 Å². The highest BCUT2D eigenvalue weighted by molar-refractivity contribution is 5.93. The summed E-state index contributed by atoms with van der Waals surface area (Å²) in [5.74, 6) is 2.16. The summed E-state index contributed by atoms with van der Waals surface area (Å²) in [6, 6.07) is 9.78. The van der Waals surface area contributed by atoms with Crippen LogP contribution in [0.5, 0.6) is 0 Å². The van der Waals surface area contributed by atoms with E-state index in [-0.39, 0.29) is 23.5 Å². The van der Waals surface area contributed by atoms with Gasteiger partial charge in [-0.2, -0.15) is 0 Å². The van der Waals surface area contributed by atoms with Crippen molar-refractivity contribution in [3.8, 4) is 0 Å². The Kier molecular flexibility index (Phi) is 5.37. The zero-order valence-corrected chi connectivity index (χ0v) is 20.6. The van der Waals surface area contributed by atoms with Gasteiger partial charge in [0.05, 0.1) is 11.0 Å². The highest BCUT2D eigenvalue weighted by Gasteiger charge is 2.45. The van der Waals surface area contributed by atoms with E-state index in [1.165, 1.54) is 62.7 Å². The van der Waals surface area contributed by atoms with Crippen molar-refractivity contribution in [3.05, 3.63) is 34.6 Å². The van der Waals surface area contributed by atoms with Crippen molar-refractivity contribution in [2.24, 2.45) is 11.8 Å². The van der Waals surface area contributed by atoms with Crippen LogP contribution < -0.4 is 15.8 Å².